The summed E-state index contributed by atoms with van der Waals surface area (Å²) in [5.74, 6) is -0.428. The van der Waals surface area contributed by atoms with Crippen LogP contribution in [0, 0.1) is 5.41 Å². The number of fused-ring (bicyclic) bond motifs is 1. The molecule has 24 heavy (non-hydrogen) atoms. The van der Waals surface area contributed by atoms with Gasteiger partial charge in [0.15, 0.2) is 6.04 Å². The van der Waals surface area contributed by atoms with Crippen LogP contribution in [0.1, 0.15) is 25.5 Å². The molecule has 0 saturated carbocycles. The summed E-state index contributed by atoms with van der Waals surface area (Å²) in [4.78, 5) is 12.0. The van der Waals surface area contributed by atoms with Crippen molar-refractivity contribution in [3.05, 3.63) is 47.0 Å². The Balaban J connectivity index is 2.18. The van der Waals surface area contributed by atoms with E-state index in [1.54, 1.807) is 44.2 Å². The summed E-state index contributed by atoms with van der Waals surface area (Å²) in [5, 5.41) is 2.18. The van der Waals surface area contributed by atoms with Crippen molar-refractivity contribution in [3.8, 4) is 0 Å². The van der Waals surface area contributed by atoms with Gasteiger partial charge in [0.1, 0.15) is 0 Å². The molecule has 1 atom stereocenters. The van der Waals surface area contributed by atoms with E-state index in [2.05, 4.69) is 5.43 Å². The van der Waals surface area contributed by atoms with E-state index in [0.717, 1.165) is 5.01 Å². The highest BCUT2D eigenvalue weighted by Gasteiger charge is 2.51. The molecule has 1 aliphatic heterocycles. The number of hydrazine groups is 1. The van der Waals surface area contributed by atoms with Crippen LogP contribution in [-0.2, 0) is 4.79 Å². The topological polar surface area (TPSA) is 32.3 Å². The first-order valence-corrected chi connectivity index (χ1v) is 7.80. The van der Waals surface area contributed by atoms with Crippen molar-refractivity contribution in [1.82, 2.24) is 10.4 Å². The average molecular weight is 357 g/mol. The lowest BCUT2D eigenvalue weighted by atomic mass is 9.93. The molecule has 0 aromatic heterocycles. The number of amides is 1. The number of alkyl halides is 3. The minimum absolute atomic E-state index is 0.0311. The third-order valence-corrected chi connectivity index (χ3v) is 4.54. The van der Waals surface area contributed by atoms with E-state index >= 15 is 0 Å². The highest BCUT2D eigenvalue weighted by atomic mass is 35.5. The smallest absolute Gasteiger partial charge is 0.287 e. The maximum atomic E-state index is 13.9. The molecule has 2 aromatic carbocycles. The fourth-order valence-electron chi connectivity index (χ4n) is 3.05. The summed E-state index contributed by atoms with van der Waals surface area (Å²) in [5.41, 5.74) is 1.50. The molecule has 1 unspecified atom stereocenters. The highest BCUT2D eigenvalue weighted by molar-refractivity contribution is 6.35. The molecule has 2 aromatic rings. The molecule has 3 rings (SSSR count). The molecule has 3 nitrogen and oxygen atoms in total. The van der Waals surface area contributed by atoms with Gasteiger partial charge >= 0.3 is 6.18 Å². The fourth-order valence-corrected chi connectivity index (χ4v) is 3.34. The van der Waals surface area contributed by atoms with E-state index in [0.29, 0.717) is 10.8 Å². The molecule has 1 N–H and O–H groups in total. The quantitative estimate of drug-likeness (QED) is 0.861. The van der Waals surface area contributed by atoms with Gasteiger partial charge in [-0.3, -0.25) is 10.2 Å². The summed E-state index contributed by atoms with van der Waals surface area (Å²) in [6, 6.07) is 7.69. The van der Waals surface area contributed by atoms with Gasteiger partial charge in [-0.1, -0.05) is 41.9 Å². The maximum absolute atomic E-state index is 13.9. The number of carbonyl (C=O) groups is 1. The lowest BCUT2D eigenvalue weighted by Gasteiger charge is -2.30. The lowest BCUT2D eigenvalue weighted by molar-refractivity contribution is -0.191. The third kappa shape index (κ3) is 2.84. The Hall–Kier alpha value is -1.79. The minimum atomic E-state index is -4.57. The maximum Gasteiger partial charge on any atom is 0.409 e. The van der Waals surface area contributed by atoms with E-state index in [1.165, 1.54) is 6.07 Å². The molecule has 0 spiro atoms. The Kier molecular flexibility index (Phi) is 4.00. The van der Waals surface area contributed by atoms with Gasteiger partial charge in [-0.25, -0.2) is 5.01 Å². The number of halogens is 4. The molecule has 1 heterocycles. The SMILES string of the molecule is CC1(C)CN(C(c2cccc3cccc(Cl)c23)C(F)(F)F)NC1=O. The zero-order valence-electron chi connectivity index (χ0n) is 13.1. The van der Waals surface area contributed by atoms with Gasteiger partial charge < -0.3 is 0 Å². The van der Waals surface area contributed by atoms with E-state index in [9.17, 15) is 18.0 Å². The van der Waals surface area contributed by atoms with Gasteiger partial charge in [-0.05, 0) is 30.9 Å². The largest absolute Gasteiger partial charge is 0.409 e. The standard InChI is InChI=1S/C17H16ClF3N2O/c1-16(2)9-23(22-15(16)24)14(17(19,20)21)11-7-3-5-10-6-4-8-12(18)13(10)11/h3-8,14H,9H2,1-2H3,(H,22,24). The van der Waals surface area contributed by atoms with Crippen LogP contribution in [0.3, 0.4) is 0 Å². The first-order valence-electron chi connectivity index (χ1n) is 7.43. The minimum Gasteiger partial charge on any atom is -0.287 e. The fraction of sp³-hybridized carbons (Fsp3) is 0.353. The number of hydrogen-bond acceptors (Lipinski definition) is 2. The predicted molar refractivity (Wildman–Crippen MR) is 86.4 cm³/mol. The molecule has 0 radical (unpaired) electrons. The van der Waals surface area contributed by atoms with Gasteiger partial charge in [0, 0.05) is 17.0 Å². The van der Waals surface area contributed by atoms with E-state index in [-0.39, 0.29) is 17.1 Å². The molecular weight excluding hydrogens is 341 g/mol. The Morgan fingerprint density at radius 3 is 2.38 bits per heavy atom. The molecule has 0 aliphatic carbocycles. The van der Waals surface area contributed by atoms with Crippen molar-refractivity contribution in [1.29, 1.82) is 0 Å². The lowest BCUT2D eigenvalue weighted by Crippen LogP contribution is -2.43. The molecule has 1 aliphatic rings. The Morgan fingerprint density at radius 2 is 1.83 bits per heavy atom. The summed E-state index contributed by atoms with van der Waals surface area (Å²) < 4.78 is 41.6. The molecule has 7 heteroatoms. The van der Waals surface area contributed by atoms with Gasteiger partial charge in [-0.15, -0.1) is 0 Å². The van der Waals surface area contributed by atoms with Crippen LogP contribution in [0.4, 0.5) is 13.2 Å². The van der Waals surface area contributed by atoms with Crippen molar-refractivity contribution in [3.63, 3.8) is 0 Å². The Morgan fingerprint density at radius 1 is 1.21 bits per heavy atom. The van der Waals surface area contributed by atoms with E-state index < -0.39 is 23.5 Å². The molecule has 128 valence electrons. The molecule has 1 amide bonds. The van der Waals surface area contributed by atoms with Crippen molar-refractivity contribution in [2.75, 3.05) is 6.54 Å². The van der Waals surface area contributed by atoms with Crippen LogP contribution < -0.4 is 5.43 Å². The van der Waals surface area contributed by atoms with Gasteiger partial charge in [0.2, 0.25) is 5.91 Å². The predicted octanol–water partition coefficient (Wildman–Crippen LogP) is 4.47. The van der Waals surface area contributed by atoms with E-state index in [1.807, 2.05) is 0 Å². The van der Waals surface area contributed by atoms with Crippen LogP contribution in [0.25, 0.3) is 10.8 Å². The zero-order valence-corrected chi connectivity index (χ0v) is 13.9. The van der Waals surface area contributed by atoms with Crippen molar-refractivity contribution < 1.29 is 18.0 Å². The third-order valence-electron chi connectivity index (χ3n) is 4.23. The van der Waals surface area contributed by atoms with Gasteiger partial charge in [0.05, 0.1) is 5.41 Å². The van der Waals surface area contributed by atoms with Gasteiger partial charge in [0.25, 0.3) is 0 Å². The number of carbonyl (C=O) groups excluding carboxylic acids is 1. The van der Waals surface area contributed by atoms with Crippen molar-refractivity contribution in [2.45, 2.75) is 26.1 Å². The van der Waals surface area contributed by atoms with Crippen LogP contribution >= 0.6 is 11.6 Å². The van der Waals surface area contributed by atoms with E-state index in [4.69, 9.17) is 11.6 Å². The zero-order chi connectivity index (χ0) is 17.7. The second-order valence-electron chi connectivity index (χ2n) is 6.58. The average Bonchev–Trinajstić information content (AvgIpc) is 2.71. The van der Waals surface area contributed by atoms with Crippen LogP contribution in [0.15, 0.2) is 36.4 Å². The monoisotopic (exact) mass is 356 g/mol. The first kappa shape index (κ1) is 17.0. The summed E-state index contributed by atoms with van der Waals surface area (Å²) in [7, 11) is 0. The van der Waals surface area contributed by atoms with Crippen molar-refractivity contribution in [2.24, 2.45) is 5.41 Å². The highest BCUT2D eigenvalue weighted by Crippen LogP contribution is 2.43. The number of hydrogen-bond donors (Lipinski definition) is 1. The summed E-state index contributed by atoms with van der Waals surface area (Å²) in [6.07, 6.45) is -4.57. The van der Waals surface area contributed by atoms with Crippen LogP contribution in [-0.4, -0.2) is 23.6 Å². The molecule has 1 fully saturated rings. The number of rotatable bonds is 2. The second kappa shape index (κ2) is 5.63. The second-order valence-corrected chi connectivity index (χ2v) is 6.99. The summed E-state index contributed by atoms with van der Waals surface area (Å²) in [6.45, 7) is 3.19. The normalized spacial score (nSPS) is 19.5. The number of nitrogens with one attached hydrogen (secondary N) is 1. The molecule has 1 saturated heterocycles. The summed E-state index contributed by atoms with van der Waals surface area (Å²) >= 11 is 6.17. The first-order chi connectivity index (χ1) is 11.1. The molecular formula is C17H16ClF3N2O. The van der Waals surface area contributed by atoms with Crippen molar-refractivity contribution >= 4 is 28.3 Å². The Labute approximate surface area is 142 Å². The van der Waals surface area contributed by atoms with Crippen LogP contribution in [0.5, 0.6) is 0 Å². The van der Waals surface area contributed by atoms with Gasteiger partial charge in [-0.2, -0.15) is 13.2 Å². The molecule has 0 bridgehead atoms. The van der Waals surface area contributed by atoms with Crippen LogP contribution in [0.2, 0.25) is 5.02 Å². The number of benzene rings is 2. The Bertz CT molecular complexity index is 799. The number of nitrogens with zero attached hydrogens (tertiary/aromatic N) is 1.